The van der Waals surface area contributed by atoms with Crippen LogP contribution in [0.5, 0.6) is 0 Å². The Hall–Kier alpha value is -2.42. The van der Waals surface area contributed by atoms with Crippen LogP contribution in [0.1, 0.15) is 36.0 Å². The van der Waals surface area contributed by atoms with Gasteiger partial charge in [-0.2, -0.15) is 5.26 Å². The lowest BCUT2D eigenvalue weighted by molar-refractivity contribution is -0.139. The third-order valence-electron chi connectivity index (χ3n) is 2.56. The van der Waals surface area contributed by atoms with Crippen molar-refractivity contribution < 1.29 is 14.7 Å². The highest BCUT2D eigenvalue weighted by atomic mass is 16.4. The number of aliphatic carboxylic acids is 1. The van der Waals surface area contributed by atoms with Crippen molar-refractivity contribution in [3.8, 4) is 6.07 Å². The maximum Gasteiger partial charge on any atom is 0.326 e. The van der Waals surface area contributed by atoms with Gasteiger partial charge in [0.2, 0.25) is 0 Å². The summed E-state index contributed by atoms with van der Waals surface area (Å²) in [5, 5.41) is 19.9. The number of hydrogen-bond donors (Lipinski definition) is 2. The second kappa shape index (κ2) is 7.82. The quantitative estimate of drug-likeness (QED) is 0.721. The molecular formula is C13H15N3O3. The Morgan fingerprint density at radius 3 is 2.84 bits per heavy atom. The lowest BCUT2D eigenvalue weighted by atomic mass is 10.1. The van der Waals surface area contributed by atoms with Crippen LogP contribution in [0, 0.1) is 11.3 Å². The van der Waals surface area contributed by atoms with Gasteiger partial charge in [0.25, 0.3) is 5.91 Å². The van der Waals surface area contributed by atoms with Crippen LogP contribution in [0.3, 0.4) is 0 Å². The normalized spacial score (nSPS) is 11.3. The number of pyridine rings is 1. The van der Waals surface area contributed by atoms with Gasteiger partial charge in [-0.1, -0.05) is 0 Å². The first-order chi connectivity index (χ1) is 9.15. The number of nitriles is 1. The van der Waals surface area contributed by atoms with E-state index in [4.69, 9.17) is 10.4 Å². The molecular weight excluding hydrogens is 246 g/mol. The molecule has 1 amide bonds. The molecule has 0 fully saturated rings. The van der Waals surface area contributed by atoms with E-state index in [1.165, 1.54) is 12.4 Å². The zero-order valence-corrected chi connectivity index (χ0v) is 10.4. The molecule has 0 aliphatic carbocycles. The summed E-state index contributed by atoms with van der Waals surface area (Å²) in [5.74, 6) is -1.53. The number of amides is 1. The molecule has 0 aliphatic heterocycles. The summed E-state index contributed by atoms with van der Waals surface area (Å²) in [7, 11) is 0. The van der Waals surface area contributed by atoms with Crippen molar-refractivity contribution in [3.05, 3.63) is 30.1 Å². The predicted molar refractivity (Wildman–Crippen MR) is 67.2 cm³/mol. The number of unbranched alkanes of at least 4 members (excludes halogenated alkanes) is 2. The minimum atomic E-state index is -1.07. The highest BCUT2D eigenvalue weighted by molar-refractivity contribution is 5.96. The Kier molecular flexibility index (Phi) is 6.03. The standard InChI is InChI=1S/C13H15N3O3/c14-7-3-1-2-6-11(13(18)19)16-12(17)10-5-4-8-15-9-10/h4-5,8-9,11H,1-3,6H2,(H,16,17)(H,18,19)/t11-/m1/s1. The smallest absolute Gasteiger partial charge is 0.326 e. The molecule has 0 radical (unpaired) electrons. The van der Waals surface area contributed by atoms with Crippen LogP contribution in [-0.4, -0.2) is 28.0 Å². The fourth-order valence-corrected chi connectivity index (χ4v) is 1.55. The highest BCUT2D eigenvalue weighted by Gasteiger charge is 2.20. The molecule has 1 heterocycles. The van der Waals surface area contributed by atoms with Crippen LogP contribution < -0.4 is 5.32 Å². The summed E-state index contributed by atoms with van der Waals surface area (Å²) in [4.78, 5) is 26.6. The third-order valence-corrected chi connectivity index (χ3v) is 2.56. The number of rotatable bonds is 7. The van der Waals surface area contributed by atoms with Gasteiger partial charge < -0.3 is 10.4 Å². The van der Waals surface area contributed by atoms with Crippen molar-refractivity contribution >= 4 is 11.9 Å². The molecule has 1 atom stereocenters. The topological polar surface area (TPSA) is 103 Å². The van der Waals surface area contributed by atoms with E-state index < -0.39 is 17.9 Å². The van der Waals surface area contributed by atoms with Crippen molar-refractivity contribution in [1.29, 1.82) is 5.26 Å². The van der Waals surface area contributed by atoms with Gasteiger partial charge in [-0.05, 0) is 31.4 Å². The minimum Gasteiger partial charge on any atom is -0.480 e. The van der Waals surface area contributed by atoms with Crippen molar-refractivity contribution in [2.45, 2.75) is 31.7 Å². The number of aromatic nitrogens is 1. The van der Waals surface area contributed by atoms with Crippen LogP contribution in [-0.2, 0) is 4.79 Å². The predicted octanol–water partition coefficient (Wildman–Crippen LogP) is 1.35. The summed E-state index contributed by atoms with van der Waals surface area (Å²) in [5.41, 5.74) is 0.325. The lowest BCUT2D eigenvalue weighted by Crippen LogP contribution is -2.40. The molecule has 0 bridgehead atoms. The molecule has 0 aliphatic rings. The third kappa shape index (κ3) is 5.17. The Bertz CT molecular complexity index is 468. The van der Waals surface area contributed by atoms with Gasteiger partial charge in [0, 0.05) is 18.8 Å². The first-order valence-electron chi connectivity index (χ1n) is 5.96. The summed E-state index contributed by atoms with van der Waals surface area (Å²) < 4.78 is 0. The number of carboxylic acids is 1. The van der Waals surface area contributed by atoms with Crippen molar-refractivity contribution in [1.82, 2.24) is 10.3 Å². The van der Waals surface area contributed by atoms with Crippen LogP contribution in [0.25, 0.3) is 0 Å². The van der Waals surface area contributed by atoms with Crippen LogP contribution in [0.2, 0.25) is 0 Å². The molecule has 0 aromatic carbocycles. The summed E-state index contributed by atoms with van der Waals surface area (Å²) in [6.45, 7) is 0. The van der Waals surface area contributed by atoms with E-state index in [9.17, 15) is 9.59 Å². The molecule has 100 valence electrons. The maximum absolute atomic E-state index is 11.8. The van der Waals surface area contributed by atoms with Gasteiger partial charge in [-0.3, -0.25) is 9.78 Å². The Morgan fingerprint density at radius 2 is 2.26 bits per heavy atom. The second-order valence-electron chi connectivity index (χ2n) is 4.01. The molecule has 0 saturated carbocycles. The van der Waals surface area contributed by atoms with Gasteiger partial charge in [0.15, 0.2) is 0 Å². The second-order valence-corrected chi connectivity index (χ2v) is 4.01. The molecule has 2 N–H and O–H groups in total. The molecule has 6 nitrogen and oxygen atoms in total. The minimum absolute atomic E-state index is 0.309. The maximum atomic E-state index is 11.8. The lowest BCUT2D eigenvalue weighted by Gasteiger charge is -2.13. The van der Waals surface area contributed by atoms with Gasteiger partial charge in [0.05, 0.1) is 11.6 Å². The van der Waals surface area contributed by atoms with E-state index in [1.54, 1.807) is 12.1 Å². The van der Waals surface area contributed by atoms with E-state index in [0.29, 0.717) is 31.2 Å². The van der Waals surface area contributed by atoms with Gasteiger partial charge >= 0.3 is 5.97 Å². The number of hydrogen-bond acceptors (Lipinski definition) is 4. The molecule has 19 heavy (non-hydrogen) atoms. The van der Waals surface area contributed by atoms with Crippen molar-refractivity contribution in [2.75, 3.05) is 0 Å². The Morgan fingerprint density at radius 1 is 1.47 bits per heavy atom. The van der Waals surface area contributed by atoms with Crippen molar-refractivity contribution in [3.63, 3.8) is 0 Å². The first-order valence-corrected chi connectivity index (χ1v) is 5.96. The van der Waals surface area contributed by atoms with Crippen molar-refractivity contribution in [2.24, 2.45) is 0 Å². The molecule has 1 rings (SSSR count). The average molecular weight is 261 g/mol. The summed E-state index contributed by atoms with van der Waals surface area (Å²) >= 11 is 0. The average Bonchev–Trinajstić information content (AvgIpc) is 2.42. The number of carbonyl (C=O) groups is 2. The van der Waals surface area contributed by atoms with Gasteiger partial charge in [-0.15, -0.1) is 0 Å². The summed E-state index contributed by atoms with van der Waals surface area (Å²) in [6, 6.07) is 4.23. The molecule has 0 unspecified atom stereocenters. The van der Waals surface area contributed by atoms with E-state index in [2.05, 4.69) is 10.3 Å². The van der Waals surface area contributed by atoms with E-state index in [-0.39, 0.29) is 0 Å². The largest absolute Gasteiger partial charge is 0.480 e. The van der Waals surface area contributed by atoms with E-state index >= 15 is 0 Å². The van der Waals surface area contributed by atoms with E-state index in [1.807, 2.05) is 6.07 Å². The molecule has 6 heteroatoms. The monoisotopic (exact) mass is 261 g/mol. The molecule has 0 spiro atoms. The van der Waals surface area contributed by atoms with E-state index in [0.717, 1.165) is 0 Å². The number of carbonyl (C=O) groups excluding carboxylic acids is 1. The molecule has 0 saturated heterocycles. The zero-order valence-electron chi connectivity index (χ0n) is 10.4. The molecule has 1 aromatic heterocycles. The highest BCUT2D eigenvalue weighted by Crippen LogP contribution is 2.05. The Labute approximate surface area is 111 Å². The fourth-order valence-electron chi connectivity index (χ4n) is 1.55. The van der Waals surface area contributed by atoms with Gasteiger partial charge in [0.1, 0.15) is 6.04 Å². The number of nitrogens with zero attached hydrogens (tertiary/aromatic N) is 2. The van der Waals surface area contributed by atoms with Crippen LogP contribution >= 0.6 is 0 Å². The van der Waals surface area contributed by atoms with Crippen LogP contribution in [0.15, 0.2) is 24.5 Å². The zero-order chi connectivity index (χ0) is 14.1. The fraction of sp³-hybridized carbons (Fsp3) is 0.385. The number of nitrogens with one attached hydrogen (secondary N) is 1. The van der Waals surface area contributed by atoms with Crippen LogP contribution in [0.4, 0.5) is 0 Å². The SMILES string of the molecule is N#CCCCC[C@@H](NC(=O)c1cccnc1)C(=O)O. The first kappa shape index (κ1) is 14.6. The van der Waals surface area contributed by atoms with Gasteiger partial charge in [-0.25, -0.2) is 4.79 Å². The Balaban J connectivity index is 2.52. The molecule has 1 aromatic rings. The number of carboxylic acid groups (broad SMARTS) is 1. The summed E-state index contributed by atoms with van der Waals surface area (Å²) in [6.07, 6.45) is 4.82.